The fourth-order valence-corrected chi connectivity index (χ4v) is 2.35. The quantitative estimate of drug-likeness (QED) is 0.838. The van der Waals surface area contributed by atoms with Crippen molar-refractivity contribution in [2.75, 3.05) is 6.54 Å². The Morgan fingerprint density at radius 1 is 1.60 bits per heavy atom. The monoisotopic (exact) mass is 292 g/mol. The lowest BCUT2D eigenvalue weighted by molar-refractivity contribution is 0.579. The predicted octanol–water partition coefficient (Wildman–Crippen LogP) is 1.53. The Morgan fingerprint density at radius 3 is 2.87 bits per heavy atom. The van der Waals surface area contributed by atoms with Gasteiger partial charge < -0.3 is 0 Å². The summed E-state index contributed by atoms with van der Waals surface area (Å²) in [5.41, 5.74) is 0. The second kappa shape index (κ2) is 5.58. The highest BCUT2D eigenvalue weighted by molar-refractivity contribution is 9.09. The Hall–Kier alpha value is -0.460. The molecule has 15 heavy (non-hydrogen) atoms. The third kappa shape index (κ3) is 3.89. The van der Waals surface area contributed by atoms with Crippen molar-refractivity contribution in [3.05, 3.63) is 24.5 Å². The van der Waals surface area contributed by atoms with Crippen molar-refractivity contribution >= 4 is 26.0 Å². The predicted molar refractivity (Wildman–Crippen MR) is 62.4 cm³/mol. The summed E-state index contributed by atoms with van der Waals surface area (Å²) in [5.74, 6) is 0. The first-order valence-electron chi connectivity index (χ1n) is 4.60. The highest BCUT2D eigenvalue weighted by Gasteiger charge is 2.14. The lowest BCUT2D eigenvalue weighted by Crippen LogP contribution is -2.29. The molecule has 6 heteroatoms. The summed E-state index contributed by atoms with van der Waals surface area (Å²) in [7, 11) is -3.41. The number of aromatic nitrogens is 1. The molecule has 0 fully saturated rings. The number of hydrogen-bond donors (Lipinski definition) is 1. The van der Waals surface area contributed by atoms with Crippen LogP contribution in [0.3, 0.4) is 0 Å². The fourth-order valence-electron chi connectivity index (χ4n) is 0.934. The van der Waals surface area contributed by atoms with Gasteiger partial charge in [0.1, 0.15) is 4.90 Å². The minimum atomic E-state index is -3.41. The van der Waals surface area contributed by atoms with Gasteiger partial charge in [-0.2, -0.15) is 0 Å². The van der Waals surface area contributed by atoms with Crippen molar-refractivity contribution in [3.8, 4) is 0 Å². The zero-order valence-corrected chi connectivity index (χ0v) is 10.8. The Morgan fingerprint density at radius 2 is 2.33 bits per heavy atom. The Balaban J connectivity index is 2.69. The Kier molecular flexibility index (Phi) is 4.69. The van der Waals surface area contributed by atoms with Crippen LogP contribution in [0.15, 0.2) is 29.4 Å². The molecule has 1 atom stereocenters. The Bertz CT molecular complexity index is 394. The summed E-state index contributed by atoms with van der Waals surface area (Å²) < 4.78 is 25.9. The number of halogens is 1. The SMILES string of the molecule is CCC(Br)CNS(=O)(=O)c1cccnc1. The smallest absolute Gasteiger partial charge is 0.242 e. The van der Waals surface area contributed by atoms with E-state index in [4.69, 9.17) is 0 Å². The maximum Gasteiger partial charge on any atom is 0.242 e. The lowest BCUT2D eigenvalue weighted by Gasteiger charge is -2.09. The van der Waals surface area contributed by atoms with Crippen LogP contribution < -0.4 is 4.72 Å². The zero-order valence-electron chi connectivity index (χ0n) is 8.35. The zero-order chi connectivity index (χ0) is 11.3. The van der Waals surface area contributed by atoms with Crippen LogP contribution in [0.4, 0.5) is 0 Å². The van der Waals surface area contributed by atoms with E-state index in [1.165, 1.54) is 12.3 Å². The van der Waals surface area contributed by atoms with Crippen LogP contribution in [0, 0.1) is 0 Å². The van der Waals surface area contributed by atoms with Crippen LogP contribution in [0.2, 0.25) is 0 Å². The number of hydrogen-bond acceptors (Lipinski definition) is 3. The highest BCUT2D eigenvalue weighted by Crippen LogP contribution is 2.07. The molecule has 1 N–H and O–H groups in total. The van der Waals surface area contributed by atoms with Gasteiger partial charge in [0.2, 0.25) is 10.0 Å². The number of nitrogens with zero attached hydrogens (tertiary/aromatic N) is 1. The van der Waals surface area contributed by atoms with Crippen molar-refractivity contribution in [1.29, 1.82) is 0 Å². The number of sulfonamides is 1. The molecule has 0 aliphatic carbocycles. The molecule has 1 unspecified atom stereocenters. The first-order valence-corrected chi connectivity index (χ1v) is 7.00. The van der Waals surface area contributed by atoms with Gasteiger partial charge in [-0.25, -0.2) is 13.1 Å². The lowest BCUT2D eigenvalue weighted by atomic mass is 10.3. The maximum absolute atomic E-state index is 11.7. The molecule has 0 amide bonds. The van der Waals surface area contributed by atoms with E-state index in [0.29, 0.717) is 6.54 Å². The van der Waals surface area contributed by atoms with E-state index in [9.17, 15) is 8.42 Å². The number of alkyl halides is 1. The van der Waals surface area contributed by atoms with Crippen LogP contribution >= 0.6 is 15.9 Å². The van der Waals surface area contributed by atoms with Gasteiger partial charge in [-0.05, 0) is 18.6 Å². The molecule has 0 aliphatic heterocycles. The molecule has 0 saturated carbocycles. The van der Waals surface area contributed by atoms with Gasteiger partial charge in [-0.15, -0.1) is 0 Å². The van der Waals surface area contributed by atoms with Gasteiger partial charge in [-0.1, -0.05) is 22.9 Å². The summed E-state index contributed by atoms with van der Waals surface area (Å²) in [6.07, 6.45) is 3.74. The summed E-state index contributed by atoms with van der Waals surface area (Å²) in [6.45, 7) is 2.37. The third-order valence-corrected chi connectivity index (χ3v) is 4.26. The largest absolute Gasteiger partial charge is 0.263 e. The van der Waals surface area contributed by atoms with E-state index in [1.54, 1.807) is 12.3 Å². The molecule has 84 valence electrons. The van der Waals surface area contributed by atoms with Crippen molar-refractivity contribution in [3.63, 3.8) is 0 Å². The first kappa shape index (κ1) is 12.6. The molecule has 0 saturated heterocycles. The average molecular weight is 293 g/mol. The molecule has 1 rings (SSSR count). The molecule has 0 aliphatic rings. The van der Waals surface area contributed by atoms with Gasteiger partial charge in [0.05, 0.1) is 0 Å². The van der Waals surface area contributed by atoms with Gasteiger partial charge in [0.15, 0.2) is 0 Å². The van der Waals surface area contributed by atoms with Crippen molar-refractivity contribution in [1.82, 2.24) is 9.71 Å². The van der Waals surface area contributed by atoms with Gasteiger partial charge >= 0.3 is 0 Å². The first-order chi connectivity index (χ1) is 7.06. The molecule has 1 aromatic rings. The third-order valence-electron chi connectivity index (χ3n) is 1.88. The van der Waals surface area contributed by atoms with E-state index in [0.717, 1.165) is 6.42 Å². The maximum atomic E-state index is 11.7. The van der Waals surface area contributed by atoms with Gasteiger partial charge in [0, 0.05) is 23.8 Å². The summed E-state index contributed by atoms with van der Waals surface area (Å²) in [5, 5.41) is 0. The summed E-state index contributed by atoms with van der Waals surface area (Å²) >= 11 is 3.36. The van der Waals surface area contributed by atoms with Crippen LogP contribution in [0.25, 0.3) is 0 Å². The standard InChI is InChI=1S/C9H13BrN2O2S/c1-2-8(10)6-12-15(13,14)9-4-3-5-11-7-9/h3-5,7-8,12H,2,6H2,1H3. The van der Waals surface area contributed by atoms with Crippen LogP contribution in [-0.2, 0) is 10.0 Å². The number of nitrogens with one attached hydrogen (secondary N) is 1. The normalized spacial score (nSPS) is 13.7. The van der Waals surface area contributed by atoms with Crippen molar-refractivity contribution in [2.45, 2.75) is 23.1 Å². The van der Waals surface area contributed by atoms with Gasteiger partial charge in [-0.3, -0.25) is 4.98 Å². The van der Waals surface area contributed by atoms with Crippen LogP contribution in [0.1, 0.15) is 13.3 Å². The van der Waals surface area contributed by atoms with E-state index in [2.05, 4.69) is 25.6 Å². The molecule has 0 bridgehead atoms. The second-order valence-corrected chi connectivity index (χ2v) is 6.11. The fraction of sp³-hybridized carbons (Fsp3) is 0.444. The van der Waals surface area contributed by atoms with E-state index < -0.39 is 10.0 Å². The minimum absolute atomic E-state index is 0.156. The van der Waals surface area contributed by atoms with Gasteiger partial charge in [0.25, 0.3) is 0 Å². The minimum Gasteiger partial charge on any atom is -0.263 e. The highest BCUT2D eigenvalue weighted by atomic mass is 79.9. The van der Waals surface area contributed by atoms with Crippen LogP contribution in [-0.4, -0.2) is 24.8 Å². The molecular formula is C9H13BrN2O2S. The number of rotatable bonds is 5. The second-order valence-electron chi connectivity index (χ2n) is 3.05. The topological polar surface area (TPSA) is 59.1 Å². The summed E-state index contributed by atoms with van der Waals surface area (Å²) in [6, 6.07) is 3.12. The summed E-state index contributed by atoms with van der Waals surface area (Å²) in [4.78, 5) is 4.12. The Labute approximate surface area is 98.3 Å². The van der Waals surface area contributed by atoms with Crippen molar-refractivity contribution in [2.24, 2.45) is 0 Å². The molecule has 4 nitrogen and oxygen atoms in total. The van der Waals surface area contributed by atoms with E-state index in [-0.39, 0.29) is 9.72 Å². The molecule has 0 radical (unpaired) electrons. The number of pyridine rings is 1. The van der Waals surface area contributed by atoms with Crippen LogP contribution in [0.5, 0.6) is 0 Å². The van der Waals surface area contributed by atoms with E-state index in [1.807, 2.05) is 6.92 Å². The molecule has 0 spiro atoms. The molecule has 0 aromatic carbocycles. The van der Waals surface area contributed by atoms with Crippen molar-refractivity contribution < 1.29 is 8.42 Å². The average Bonchev–Trinajstić information content (AvgIpc) is 2.27. The molecular weight excluding hydrogens is 280 g/mol. The van der Waals surface area contributed by atoms with E-state index >= 15 is 0 Å². The molecule has 1 aromatic heterocycles. The molecule has 1 heterocycles.